The summed E-state index contributed by atoms with van der Waals surface area (Å²) in [5, 5.41) is 5.66. The third-order valence-corrected chi connectivity index (χ3v) is 7.20. The largest absolute Gasteiger partial charge is 0.493 e. The highest BCUT2D eigenvalue weighted by Crippen LogP contribution is 2.61. The number of hydrogen-bond donors (Lipinski definition) is 2. The Labute approximate surface area is 166 Å². The minimum absolute atomic E-state index is 0.0181. The Balaban J connectivity index is 1.39. The predicted molar refractivity (Wildman–Crippen MR) is 106 cm³/mol. The van der Waals surface area contributed by atoms with Crippen LogP contribution in [-0.4, -0.2) is 32.1 Å². The summed E-state index contributed by atoms with van der Waals surface area (Å²) in [6.07, 6.45) is 7.66. The van der Waals surface area contributed by atoms with Gasteiger partial charge in [-0.05, 0) is 80.8 Å². The molecular weight excluding hydrogens is 356 g/mol. The molecule has 6 nitrogen and oxygen atoms in total. The topological polar surface area (TPSA) is 76.7 Å². The number of amides is 2. The first-order valence-electron chi connectivity index (χ1n) is 10.3. The Hall–Kier alpha value is -2.24. The zero-order chi connectivity index (χ0) is 19.9. The molecule has 0 aromatic heterocycles. The normalized spacial score (nSPS) is 31.2. The zero-order valence-corrected chi connectivity index (χ0v) is 16.9. The van der Waals surface area contributed by atoms with Crippen LogP contribution < -0.4 is 20.1 Å². The van der Waals surface area contributed by atoms with Crippen LogP contribution in [-0.2, 0) is 9.59 Å². The molecule has 152 valence electrons. The van der Waals surface area contributed by atoms with Gasteiger partial charge in [-0.25, -0.2) is 0 Å². The van der Waals surface area contributed by atoms with Crippen LogP contribution in [0.15, 0.2) is 18.2 Å². The van der Waals surface area contributed by atoms with E-state index in [1.807, 2.05) is 0 Å². The van der Waals surface area contributed by atoms with E-state index in [2.05, 4.69) is 17.6 Å². The van der Waals surface area contributed by atoms with Gasteiger partial charge in [0, 0.05) is 17.8 Å². The maximum Gasteiger partial charge on any atom is 0.313 e. The van der Waals surface area contributed by atoms with E-state index in [1.165, 1.54) is 45.6 Å². The molecule has 4 fully saturated rings. The molecule has 5 rings (SSSR count). The lowest BCUT2D eigenvalue weighted by molar-refractivity contribution is -0.138. The summed E-state index contributed by atoms with van der Waals surface area (Å²) in [6, 6.07) is 5.05. The fourth-order valence-corrected chi connectivity index (χ4v) is 6.23. The third kappa shape index (κ3) is 3.45. The van der Waals surface area contributed by atoms with Crippen LogP contribution in [0.2, 0.25) is 0 Å². The lowest BCUT2D eigenvalue weighted by Gasteiger charge is -2.59. The second kappa shape index (κ2) is 7.30. The van der Waals surface area contributed by atoms with Crippen molar-refractivity contribution in [2.24, 2.45) is 23.2 Å². The van der Waals surface area contributed by atoms with E-state index in [0.717, 1.165) is 17.8 Å². The molecule has 0 radical (unpaired) electrons. The maximum atomic E-state index is 12.5. The van der Waals surface area contributed by atoms with Crippen LogP contribution in [0.1, 0.15) is 45.4 Å². The highest BCUT2D eigenvalue weighted by molar-refractivity contribution is 6.39. The molecule has 2 N–H and O–H groups in total. The van der Waals surface area contributed by atoms with Crippen LogP contribution in [0, 0.1) is 23.2 Å². The van der Waals surface area contributed by atoms with Gasteiger partial charge in [-0.3, -0.25) is 9.59 Å². The Morgan fingerprint density at radius 1 is 0.964 bits per heavy atom. The fourth-order valence-electron chi connectivity index (χ4n) is 6.23. The van der Waals surface area contributed by atoms with Gasteiger partial charge in [0.2, 0.25) is 0 Å². The monoisotopic (exact) mass is 386 g/mol. The van der Waals surface area contributed by atoms with Gasteiger partial charge in [0.1, 0.15) is 0 Å². The summed E-state index contributed by atoms with van der Waals surface area (Å²) in [6.45, 7) is 2.08. The standard InChI is InChI=1S/C22H30N2O4/c1-13(22-10-14-6-15(11-22)8-16(7-14)12-22)23-20(25)21(26)24-17-4-5-18(27-2)19(9-17)28-3/h4-5,9,13-16H,6-8,10-12H2,1-3H3,(H,23,25)(H,24,26). The molecule has 4 aliphatic rings. The van der Waals surface area contributed by atoms with Gasteiger partial charge in [0.15, 0.2) is 11.5 Å². The van der Waals surface area contributed by atoms with Gasteiger partial charge in [0.25, 0.3) is 0 Å². The first kappa shape index (κ1) is 19.1. The Morgan fingerprint density at radius 3 is 2.07 bits per heavy atom. The second-order valence-electron chi connectivity index (χ2n) is 9.00. The molecule has 1 atom stereocenters. The Kier molecular flexibility index (Phi) is 4.98. The number of ether oxygens (including phenoxy) is 2. The lowest BCUT2D eigenvalue weighted by Crippen LogP contribution is -2.57. The van der Waals surface area contributed by atoms with Gasteiger partial charge < -0.3 is 20.1 Å². The van der Waals surface area contributed by atoms with Crippen LogP contribution in [0.4, 0.5) is 5.69 Å². The molecule has 1 aromatic rings. The third-order valence-electron chi connectivity index (χ3n) is 7.20. The van der Waals surface area contributed by atoms with E-state index >= 15 is 0 Å². The number of rotatable bonds is 5. The van der Waals surface area contributed by atoms with E-state index in [0.29, 0.717) is 17.2 Å². The van der Waals surface area contributed by atoms with E-state index < -0.39 is 11.8 Å². The van der Waals surface area contributed by atoms with Gasteiger partial charge >= 0.3 is 11.8 Å². The first-order chi connectivity index (χ1) is 13.4. The highest BCUT2D eigenvalue weighted by atomic mass is 16.5. The van der Waals surface area contributed by atoms with Crippen molar-refractivity contribution < 1.29 is 19.1 Å². The quantitative estimate of drug-likeness (QED) is 0.761. The van der Waals surface area contributed by atoms with Gasteiger partial charge in [-0.2, -0.15) is 0 Å². The summed E-state index contributed by atoms with van der Waals surface area (Å²) in [7, 11) is 3.08. The van der Waals surface area contributed by atoms with Crippen LogP contribution in [0.3, 0.4) is 0 Å². The van der Waals surface area contributed by atoms with E-state index in [9.17, 15) is 9.59 Å². The average molecular weight is 386 g/mol. The summed E-state index contributed by atoms with van der Waals surface area (Å²) in [5.41, 5.74) is 0.675. The van der Waals surface area contributed by atoms with Crippen molar-refractivity contribution >= 4 is 17.5 Å². The van der Waals surface area contributed by atoms with Crippen molar-refractivity contribution in [1.29, 1.82) is 0 Å². The molecule has 0 spiro atoms. The molecule has 0 aliphatic heterocycles. The molecule has 4 saturated carbocycles. The molecule has 1 unspecified atom stereocenters. The van der Waals surface area contributed by atoms with Crippen molar-refractivity contribution in [1.82, 2.24) is 5.32 Å². The SMILES string of the molecule is COc1ccc(NC(=O)C(=O)NC(C)C23CC4CC(CC(C4)C2)C3)cc1OC. The number of carbonyl (C=O) groups excluding carboxylic acids is 2. The zero-order valence-electron chi connectivity index (χ0n) is 16.9. The molecular formula is C22H30N2O4. The molecule has 6 heteroatoms. The van der Waals surface area contributed by atoms with Crippen molar-refractivity contribution in [3.05, 3.63) is 18.2 Å². The molecule has 28 heavy (non-hydrogen) atoms. The minimum atomic E-state index is -0.649. The molecule has 4 bridgehead atoms. The molecule has 0 saturated heterocycles. The highest BCUT2D eigenvalue weighted by Gasteiger charge is 2.53. The van der Waals surface area contributed by atoms with E-state index in [1.54, 1.807) is 25.3 Å². The van der Waals surface area contributed by atoms with Gasteiger partial charge in [-0.1, -0.05) is 0 Å². The number of anilines is 1. The lowest BCUT2D eigenvalue weighted by atomic mass is 9.48. The maximum absolute atomic E-state index is 12.5. The summed E-state index contributed by atoms with van der Waals surface area (Å²) in [4.78, 5) is 25.0. The van der Waals surface area contributed by atoms with Crippen LogP contribution in [0.25, 0.3) is 0 Å². The first-order valence-corrected chi connectivity index (χ1v) is 10.3. The predicted octanol–water partition coefficient (Wildman–Crippen LogP) is 3.36. The van der Waals surface area contributed by atoms with Crippen molar-refractivity contribution in [2.45, 2.75) is 51.5 Å². The number of nitrogens with one attached hydrogen (secondary N) is 2. The van der Waals surface area contributed by atoms with Gasteiger partial charge in [-0.15, -0.1) is 0 Å². The number of benzene rings is 1. The molecule has 0 heterocycles. The Morgan fingerprint density at radius 2 is 1.54 bits per heavy atom. The Bertz CT molecular complexity index is 741. The fraction of sp³-hybridized carbons (Fsp3) is 0.636. The number of methoxy groups -OCH3 is 2. The van der Waals surface area contributed by atoms with E-state index in [4.69, 9.17) is 9.47 Å². The van der Waals surface area contributed by atoms with Crippen LogP contribution >= 0.6 is 0 Å². The van der Waals surface area contributed by atoms with Crippen molar-refractivity contribution in [2.75, 3.05) is 19.5 Å². The summed E-state index contributed by atoms with van der Waals surface area (Å²) < 4.78 is 10.4. The van der Waals surface area contributed by atoms with Crippen molar-refractivity contribution in [3.8, 4) is 11.5 Å². The van der Waals surface area contributed by atoms with E-state index in [-0.39, 0.29) is 11.5 Å². The van der Waals surface area contributed by atoms with Crippen LogP contribution in [0.5, 0.6) is 11.5 Å². The summed E-state index contributed by atoms with van der Waals surface area (Å²) >= 11 is 0. The van der Waals surface area contributed by atoms with Crippen molar-refractivity contribution in [3.63, 3.8) is 0 Å². The summed E-state index contributed by atoms with van der Waals surface area (Å²) in [5.74, 6) is 2.29. The second-order valence-corrected chi connectivity index (χ2v) is 9.00. The smallest absolute Gasteiger partial charge is 0.313 e. The number of hydrogen-bond acceptors (Lipinski definition) is 4. The average Bonchev–Trinajstić information content (AvgIpc) is 2.66. The molecule has 4 aliphatic carbocycles. The number of carbonyl (C=O) groups is 2. The molecule has 1 aromatic carbocycles. The minimum Gasteiger partial charge on any atom is -0.493 e. The van der Waals surface area contributed by atoms with Gasteiger partial charge in [0.05, 0.1) is 14.2 Å². The molecule has 2 amide bonds.